The highest BCUT2D eigenvalue weighted by Gasteiger charge is 2.29. The second-order valence-electron chi connectivity index (χ2n) is 7.90. The molecule has 1 saturated heterocycles. The van der Waals surface area contributed by atoms with Gasteiger partial charge in [-0.1, -0.05) is 55.0 Å². The minimum atomic E-state index is 0.163. The van der Waals surface area contributed by atoms with E-state index in [0.29, 0.717) is 6.04 Å². The first-order valence-corrected chi connectivity index (χ1v) is 10.4. The highest BCUT2D eigenvalue weighted by molar-refractivity contribution is 6.09. The molecule has 0 N–H and O–H groups in total. The molecule has 1 aliphatic rings. The van der Waals surface area contributed by atoms with Crippen LogP contribution < -0.4 is 0 Å². The number of fused-ring (bicyclic) bond motifs is 1. The zero-order valence-corrected chi connectivity index (χ0v) is 17.0. The monoisotopic (exact) mass is 372 g/mol. The largest absolute Gasteiger partial charge is 0.336 e. The predicted octanol–water partition coefficient (Wildman–Crippen LogP) is 5.92. The van der Waals surface area contributed by atoms with Crippen LogP contribution in [-0.2, 0) is 0 Å². The fourth-order valence-corrected chi connectivity index (χ4v) is 4.41. The molecule has 0 saturated carbocycles. The minimum absolute atomic E-state index is 0.163. The van der Waals surface area contributed by atoms with Gasteiger partial charge < -0.3 is 4.90 Å². The van der Waals surface area contributed by atoms with E-state index in [1.54, 1.807) is 0 Å². The molecular weight excluding hydrogens is 344 g/mol. The number of nitrogens with zero attached hydrogens (tertiary/aromatic N) is 2. The number of rotatable bonds is 3. The van der Waals surface area contributed by atoms with Gasteiger partial charge in [-0.3, -0.25) is 4.79 Å². The molecule has 144 valence electrons. The highest BCUT2D eigenvalue weighted by Crippen LogP contribution is 2.32. The second-order valence-corrected chi connectivity index (χ2v) is 7.90. The summed E-state index contributed by atoms with van der Waals surface area (Å²) in [6.45, 7) is 7.17. The van der Waals surface area contributed by atoms with Crippen LogP contribution >= 0.6 is 0 Å². The molecule has 3 heteroatoms. The summed E-state index contributed by atoms with van der Waals surface area (Å²) in [5, 5.41) is 0.960. The predicted molar refractivity (Wildman–Crippen MR) is 116 cm³/mol. The first kappa shape index (κ1) is 18.7. The van der Waals surface area contributed by atoms with Crippen molar-refractivity contribution in [3.63, 3.8) is 0 Å². The maximum atomic E-state index is 13.7. The quantitative estimate of drug-likeness (QED) is 0.571. The number of carbonyl (C=O) groups is 1. The molecule has 0 bridgehead atoms. The number of para-hydroxylation sites is 1. The molecule has 4 rings (SSSR count). The van der Waals surface area contributed by atoms with Crippen LogP contribution in [0.3, 0.4) is 0 Å². The lowest BCUT2D eigenvalue weighted by molar-refractivity contribution is 0.0609. The van der Waals surface area contributed by atoms with E-state index >= 15 is 0 Å². The van der Waals surface area contributed by atoms with Crippen LogP contribution in [0.5, 0.6) is 0 Å². The van der Waals surface area contributed by atoms with Crippen molar-refractivity contribution < 1.29 is 4.79 Å². The average molecular weight is 373 g/mol. The summed E-state index contributed by atoms with van der Waals surface area (Å²) in [5.41, 5.74) is 5.88. The average Bonchev–Trinajstić information content (AvgIpc) is 2.73. The van der Waals surface area contributed by atoms with Gasteiger partial charge >= 0.3 is 0 Å². The molecule has 1 aliphatic heterocycles. The Morgan fingerprint density at radius 3 is 2.57 bits per heavy atom. The second kappa shape index (κ2) is 7.75. The van der Waals surface area contributed by atoms with Crippen LogP contribution in [0.15, 0.2) is 48.5 Å². The van der Waals surface area contributed by atoms with Crippen molar-refractivity contribution in [1.82, 2.24) is 9.88 Å². The number of aromatic nitrogens is 1. The van der Waals surface area contributed by atoms with E-state index in [9.17, 15) is 4.79 Å². The van der Waals surface area contributed by atoms with Gasteiger partial charge in [-0.15, -0.1) is 0 Å². The topological polar surface area (TPSA) is 33.2 Å². The summed E-state index contributed by atoms with van der Waals surface area (Å²) < 4.78 is 0. The Hall–Kier alpha value is -2.68. The number of hydrogen-bond acceptors (Lipinski definition) is 2. The van der Waals surface area contributed by atoms with Gasteiger partial charge in [0.2, 0.25) is 0 Å². The van der Waals surface area contributed by atoms with Crippen molar-refractivity contribution in [3.05, 3.63) is 65.2 Å². The Bertz CT molecular complexity index is 1010. The number of piperidine rings is 1. The first-order valence-electron chi connectivity index (χ1n) is 10.4. The van der Waals surface area contributed by atoms with Crippen LogP contribution in [0.2, 0.25) is 0 Å². The van der Waals surface area contributed by atoms with Gasteiger partial charge in [0.15, 0.2) is 0 Å². The molecule has 2 aromatic carbocycles. The lowest BCUT2D eigenvalue weighted by Gasteiger charge is -2.36. The zero-order chi connectivity index (χ0) is 19.7. The Morgan fingerprint density at radius 2 is 1.82 bits per heavy atom. The summed E-state index contributed by atoms with van der Waals surface area (Å²) in [5.74, 6) is 0.163. The molecule has 1 atom stereocenters. The van der Waals surface area contributed by atoms with Gasteiger partial charge in [-0.2, -0.15) is 0 Å². The van der Waals surface area contributed by atoms with Gasteiger partial charge in [0.05, 0.1) is 16.8 Å². The van der Waals surface area contributed by atoms with E-state index in [1.165, 1.54) is 12.0 Å². The zero-order valence-electron chi connectivity index (χ0n) is 17.0. The Kier molecular flexibility index (Phi) is 5.17. The van der Waals surface area contributed by atoms with Gasteiger partial charge in [0, 0.05) is 23.5 Å². The number of aryl methyl sites for hydroxylation is 1. The van der Waals surface area contributed by atoms with E-state index in [-0.39, 0.29) is 5.91 Å². The lowest BCUT2D eigenvalue weighted by atomic mass is 9.94. The minimum Gasteiger partial charge on any atom is -0.336 e. The summed E-state index contributed by atoms with van der Waals surface area (Å²) in [7, 11) is 0. The first-order chi connectivity index (χ1) is 13.6. The van der Waals surface area contributed by atoms with E-state index in [4.69, 9.17) is 4.98 Å². The summed E-state index contributed by atoms with van der Waals surface area (Å²) in [4.78, 5) is 20.8. The SMILES string of the molecule is CCC1CCCCN1C(=O)c1c(C)c(-c2ccc(C)cc2)nc2ccccc12. The number of benzene rings is 2. The van der Waals surface area contributed by atoms with Crippen molar-refractivity contribution in [2.75, 3.05) is 6.54 Å². The van der Waals surface area contributed by atoms with E-state index in [1.807, 2.05) is 31.2 Å². The number of pyridine rings is 1. The van der Waals surface area contributed by atoms with E-state index in [0.717, 1.165) is 59.1 Å². The van der Waals surface area contributed by atoms with Gasteiger partial charge in [0.25, 0.3) is 5.91 Å². The summed E-state index contributed by atoms with van der Waals surface area (Å²) >= 11 is 0. The van der Waals surface area contributed by atoms with Crippen LogP contribution in [0.25, 0.3) is 22.2 Å². The third-order valence-electron chi connectivity index (χ3n) is 6.03. The smallest absolute Gasteiger partial charge is 0.255 e. The number of hydrogen-bond donors (Lipinski definition) is 0. The number of carbonyl (C=O) groups excluding carboxylic acids is 1. The number of likely N-dealkylation sites (tertiary alicyclic amines) is 1. The maximum Gasteiger partial charge on any atom is 0.255 e. The standard InChI is InChI=1S/C25H28N2O/c1-4-20-9-7-8-16-27(20)25(28)23-18(3)24(19-14-12-17(2)13-15-19)26-22-11-6-5-10-21(22)23/h5-6,10-15,20H,4,7-9,16H2,1-3H3. The van der Waals surface area contributed by atoms with Crippen molar-refractivity contribution in [2.45, 2.75) is 52.5 Å². The third-order valence-corrected chi connectivity index (χ3v) is 6.03. The van der Waals surface area contributed by atoms with Crippen LogP contribution in [-0.4, -0.2) is 28.4 Å². The molecule has 0 spiro atoms. The molecular formula is C25H28N2O. The molecule has 1 amide bonds. The fraction of sp³-hybridized carbons (Fsp3) is 0.360. The van der Waals surface area contributed by atoms with E-state index in [2.05, 4.69) is 43.0 Å². The van der Waals surface area contributed by atoms with Crippen molar-refractivity contribution in [1.29, 1.82) is 0 Å². The Labute approximate surface area is 167 Å². The van der Waals surface area contributed by atoms with Crippen LogP contribution in [0, 0.1) is 13.8 Å². The number of amides is 1. The molecule has 3 aromatic rings. The molecule has 0 radical (unpaired) electrons. The van der Waals surface area contributed by atoms with Crippen LogP contribution in [0.1, 0.15) is 54.1 Å². The molecule has 28 heavy (non-hydrogen) atoms. The molecule has 0 aliphatic carbocycles. The molecule has 1 aromatic heterocycles. The van der Waals surface area contributed by atoms with Gasteiger partial charge in [-0.25, -0.2) is 4.98 Å². The van der Waals surface area contributed by atoms with Crippen molar-refractivity contribution >= 4 is 16.8 Å². The lowest BCUT2D eigenvalue weighted by Crippen LogP contribution is -2.43. The Balaban J connectivity index is 1.90. The van der Waals surface area contributed by atoms with Crippen LogP contribution in [0.4, 0.5) is 0 Å². The van der Waals surface area contributed by atoms with Crippen molar-refractivity contribution in [2.24, 2.45) is 0 Å². The summed E-state index contributed by atoms with van der Waals surface area (Å²) in [6, 6.07) is 16.8. The molecule has 3 nitrogen and oxygen atoms in total. The molecule has 1 fully saturated rings. The summed E-state index contributed by atoms with van der Waals surface area (Å²) in [6.07, 6.45) is 4.43. The Morgan fingerprint density at radius 1 is 1.07 bits per heavy atom. The third kappa shape index (κ3) is 3.30. The normalized spacial score (nSPS) is 17.1. The maximum absolute atomic E-state index is 13.7. The van der Waals surface area contributed by atoms with Gasteiger partial charge in [-0.05, 0) is 51.2 Å². The van der Waals surface area contributed by atoms with E-state index < -0.39 is 0 Å². The molecule has 1 unspecified atom stereocenters. The van der Waals surface area contributed by atoms with Gasteiger partial charge in [0.1, 0.15) is 0 Å². The fourth-order valence-electron chi connectivity index (χ4n) is 4.41. The van der Waals surface area contributed by atoms with Crippen molar-refractivity contribution in [3.8, 4) is 11.3 Å². The highest BCUT2D eigenvalue weighted by atomic mass is 16.2. The molecule has 2 heterocycles.